The van der Waals surface area contributed by atoms with Crippen molar-refractivity contribution in [3.05, 3.63) is 53.7 Å². The Balaban J connectivity index is 1.94. The molecule has 2 atom stereocenters. The molecule has 4 N–H and O–H groups in total. The van der Waals surface area contributed by atoms with Crippen molar-refractivity contribution in [3.8, 4) is 0 Å². The maximum atomic E-state index is 10.9. The first kappa shape index (κ1) is 14.9. The van der Waals surface area contributed by atoms with Crippen LogP contribution >= 0.6 is 0 Å². The number of benzene rings is 1. The van der Waals surface area contributed by atoms with Crippen molar-refractivity contribution in [2.24, 2.45) is 5.73 Å². The lowest BCUT2D eigenvalue weighted by Gasteiger charge is -2.20. The summed E-state index contributed by atoms with van der Waals surface area (Å²) in [6, 6.07) is 12.6. The van der Waals surface area contributed by atoms with E-state index in [1.54, 1.807) is 6.07 Å². The molecule has 0 spiro atoms. The molecule has 110 valence electrons. The molecular weight excluding hydrogens is 268 g/mol. The van der Waals surface area contributed by atoms with Crippen LogP contribution < -0.4 is 11.1 Å². The monoisotopic (exact) mass is 286 g/mol. The highest BCUT2D eigenvalue weighted by Gasteiger charge is 2.15. The number of hydrogen-bond acceptors (Lipinski definition) is 5. The van der Waals surface area contributed by atoms with E-state index in [-0.39, 0.29) is 11.7 Å². The predicted molar refractivity (Wildman–Crippen MR) is 79.8 cm³/mol. The van der Waals surface area contributed by atoms with Crippen LogP contribution in [0.15, 0.2) is 42.5 Å². The first-order valence-corrected chi connectivity index (χ1v) is 6.68. The molecule has 0 aliphatic heterocycles. The molecular formula is C15H18N4O2. The van der Waals surface area contributed by atoms with Crippen LogP contribution in [0.1, 0.15) is 23.0 Å². The number of hydrogen-bond donors (Lipinski definition) is 3. The summed E-state index contributed by atoms with van der Waals surface area (Å²) in [6.07, 6.45) is -0.0213. The molecule has 1 heterocycles. The average Bonchev–Trinajstić information content (AvgIpc) is 2.48. The number of rotatable bonds is 6. The number of aliphatic hydroxyl groups excluding tert-OH is 1. The quantitative estimate of drug-likeness (QED) is 0.735. The molecule has 0 saturated heterocycles. The van der Waals surface area contributed by atoms with Crippen molar-refractivity contribution in [1.29, 1.82) is 0 Å². The van der Waals surface area contributed by atoms with E-state index >= 15 is 0 Å². The van der Waals surface area contributed by atoms with Crippen molar-refractivity contribution in [3.63, 3.8) is 0 Å². The van der Waals surface area contributed by atoms with Crippen molar-refractivity contribution in [2.45, 2.75) is 25.5 Å². The molecule has 21 heavy (non-hydrogen) atoms. The summed E-state index contributed by atoms with van der Waals surface area (Å²) in [5.74, 6) is -0.133. The summed E-state index contributed by atoms with van der Waals surface area (Å²) in [5, 5.41) is 20.8. The maximum Gasteiger partial charge on any atom is 0.269 e. The number of nitrogens with two attached hydrogens (primary N) is 1. The second kappa shape index (κ2) is 6.81. The highest BCUT2D eigenvalue weighted by atomic mass is 16.3. The highest BCUT2D eigenvalue weighted by Crippen LogP contribution is 2.10. The Morgan fingerprint density at radius 1 is 1.24 bits per heavy atom. The molecule has 0 saturated carbocycles. The molecule has 1 aromatic carbocycles. The van der Waals surface area contributed by atoms with E-state index in [2.05, 4.69) is 15.5 Å². The zero-order valence-electron chi connectivity index (χ0n) is 11.7. The second-order valence-electron chi connectivity index (χ2n) is 4.86. The first-order valence-electron chi connectivity index (χ1n) is 6.68. The fraction of sp³-hybridized carbons (Fsp3) is 0.267. The van der Waals surface area contributed by atoms with Gasteiger partial charge in [-0.25, -0.2) is 0 Å². The van der Waals surface area contributed by atoms with Crippen LogP contribution in [0.25, 0.3) is 0 Å². The van der Waals surface area contributed by atoms with E-state index in [0.717, 1.165) is 5.56 Å². The van der Waals surface area contributed by atoms with Gasteiger partial charge in [0.25, 0.3) is 5.91 Å². The number of primary amides is 1. The molecule has 0 aliphatic rings. The van der Waals surface area contributed by atoms with Crippen molar-refractivity contribution in [1.82, 2.24) is 10.2 Å². The van der Waals surface area contributed by atoms with Crippen molar-refractivity contribution >= 4 is 11.7 Å². The summed E-state index contributed by atoms with van der Waals surface area (Å²) in [5.41, 5.74) is 6.27. The van der Waals surface area contributed by atoms with Gasteiger partial charge in [-0.05, 0) is 24.6 Å². The lowest BCUT2D eigenvalue weighted by atomic mass is 10.0. The molecule has 2 aromatic rings. The van der Waals surface area contributed by atoms with Gasteiger partial charge in [0.2, 0.25) is 0 Å². The fourth-order valence-electron chi connectivity index (χ4n) is 1.90. The van der Waals surface area contributed by atoms with Gasteiger partial charge >= 0.3 is 0 Å². The molecule has 1 amide bonds. The first-order chi connectivity index (χ1) is 10.1. The fourth-order valence-corrected chi connectivity index (χ4v) is 1.90. The van der Waals surface area contributed by atoms with Crippen molar-refractivity contribution in [2.75, 3.05) is 5.32 Å². The number of amides is 1. The molecule has 0 radical (unpaired) electrons. The average molecular weight is 286 g/mol. The smallest absolute Gasteiger partial charge is 0.269 e. The van der Waals surface area contributed by atoms with E-state index in [4.69, 9.17) is 5.73 Å². The normalized spacial score (nSPS) is 13.4. The standard InChI is InChI=1S/C15H18N4O2/c1-10(13(20)9-11-5-3-2-4-6-11)17-14-8-7-12(15(16)21)18-19-14/h2-8,10,13,20H,9H2,1H3,(H2,16,21)(H,17,19). The van der Waals surface area contributed by atoms with Gasteiger partial charge in [-0.15, -0.1) is 10.2 Å². The number of anilines is 1. The highest BCUT2D eigenvalue weighted by molar-refractivity contribution is 5.90. The lowest BCUT2D eigenvalue weighted by Crippen LogP contribution is -2.32. The predicted octanol–water partition coefficient (Wildman–Crippen LogP) is 0.979. The third-order valence-corrected chi connectivity index (χ3v) is 3.16. The Kier molecular flexibility index (Phi) is 4.84. The Labute approximate surface area is 123 Å². The van der Waals surface area contributed by atoms with E-state index in [9.17, 15) is 9.90 Å². The summed E-state index contributed by atoms with van der Waals surface area (Å²) in [6.45, 7) is 1.86. The minimum Gasteiger partial charge on any atom is -0.391 e. The van der Waals surface area contributed by atoms with E-state index < -0.39 is 12.0 Å². The third kappa shape index (κ3) is 4.25. The van der Waals surface area contributed by atoms with Crippen molar-refractivity contribution < 1.29 is 9.90 Å². The zero-order chi connectivity index (χ0) is 15.2. The molecule has 0 bridgehead atoms. The van der Waals surface area contributed by atoms with Crippen LogP contribution in [0.4, 0.5) is 5.82 Å². The van der Waals surface area contributed by atoms with Gasteiger partial charge in [0.05, 0.1) is 12.1 Å². The minimum absolute atomic E-state index is 0.109. The Bertz CT molecular complexity index is 586. The van der Waals surface area contributed by atoms with E-state index in [1.807, 2.05) is 37.3 Å². The topological polar surface area (TPSA) is 101 Å². The Morgan fingerprint density at radius 2 is 1.95 bits per heavy atom. The molecule has 6 heteroatoms. The second-order valence-corrected chi connectivity index (χ2v) is 4.86. The molecule has 1 aromatic heterocycles. The SMILES string of the molecule is CC(Nc1ccc(C(N)=O)nn1)C(O)Cc1ccccc1. The summed E-state index contributed by atoms with van der Waals surface area (Å²) in [4.78, 5) is 10.9. The number of aliphatic hydroxyl groups is 1. The van der Waals surface area contributed by atoms with Crippen LogP contribution in [-0.2, 0) is 6.42 Å². The number of carbonyl (C=O) groups excluding carboxylic acids is 1. The Hall–Kier alpha value is -2.47. The van der Waals surface area contributed by atoms with Gasteiger partial charge < -0.3 is 16.2 Å². The van der Waals surface area contributed by atoms with E-state index in [1.165, 1.54) is 6.07 Å². The number of nitrogens with one attached hydrogen (secondary N) is 1. The van der Waals surface area contributed by atoms with Crippen LogP contribution in [0.3, 0.4) is 0 Å². The number of carbonyl (C=O) groups is 1. The van der Waals surface area contributed by atoms with E-state index in [0.29, 0.717) is 12.2 Å². The lowest BCUT2D eigenvalue weighted by molar-refractivity contribution is 0.0994. The van der Waals surface area contributed by atoms with Crippen LogP contribution in [-0.4, -0.2) is 33.4 Å². The van der Waals surface area contributed by atoms with Gasteiger partial charge in [0, 0.05) is 6.42 Å². The van der Waals surface area contributed by atoms with Gasteiger partial charge in [0.1, 0.15) is 5.82 Å². The minimum atomic E-state index is -0.619. The Morgan fingerprint density at radius 3 is 2.52 bits per heavy atom. The largest absolute Gasteiger partial charge is 0.391 e. The van der Waals surface area contributed by atoms with Crippen LogP contribution in [0, 0.1) is 0 Å². The maximum absolute atomic E-state index is 10.9. The van der Waals surface area contributed by atoms with Gasteiger partial charge in [-0.2, -0.15) is 0 Å². The molecule has 0 fully saturated rings. The van der Waals surface area contributed by atoms with Crippen LogP contribution in [0.2, 0.25) is 0 Å². The summed E-state index contributed by atoms with van der Waals surface area (Å²) >= 11 is 0. The number of aromatic nitrogens is 2. The van der Waals surface area contributed by atoms with Gasteiger partial charge in [-0.1, -0.05) is 30.3 Å². The molecule has 6 nitrogen and oxygen atoms in total. The molecule has 2 unspecified atom stereocenters. The summed E-state index contributed by atoms with van der Waals surface area (Å²) in [7, 11) is 0. The van der Waals surface area contributed by atoms with Crippen LogP contribution in [0.5, 0.6) is 0 Å². The zero-order valence-corrected chi connectivity index (χ0v) is 11.7. The number of nitrogens with zero attached hydrogens (tertiary/aromatic N) is 2. The summed E-state index contributed by atoms with van der Waals surface area (Å²) < 4.78 is 0. The molecule has 2 rings (SSSR count). The third-order valence-electron chi connectivity index (χ3n) is 3.16. The van der Waals surface area contributed by atoms with Gasteiger partial charge in [-0.3, -0.25) is 4.79 Å². The molecule has 0 aliphatic carbocycles. The van der Waals surface area contributed by atoms with Gasteiger partial charge in [0.15, 0.2) is 5.69 Å².